The Morgan fingerprint density at radius 3 is 2.09 bits per heavy atom. The summed E-state index contributed by atoms with van der Waals surface area (Å²) in [5.74, 6) is 2.14. The van der Waals surface area contributed by atoms with Gasteiger partial charge in [0, 0.05) is 0 Å². The predicted molar refractivity (Wildman–Crippen MR) is 42.9 cm³/mol. The molecule has 2 rings (SSSR count). The Morgan fingerprint density at radius 1 is 1.09 bits per heavy atom. The highest BCUT2D eigenvalue weighted by Crippen LogP contribution is 2.28. The van der Waals surface area contributed by atoms with Crippen LogP contribution in [0.4, 0.5) is 11.4 Å². The summed E-state index contributed by atoms with van der Waals surface area (Å²) in [5.41, 5.74) is 1.84. The molecule has 0 aromatic heterocycles. The number of para-hydroxylation sites is 2. The Hall–Kier alpha value is -1.73. The SMILES string of the molecule is O=C=C1Nc2ccccc2N1. The van der Waals surface area contributed by atoms with Crippen LogP contribution in [0.2, 0.25) is 0 Å². The molecule has 3 heteroatoms. The van der Waals surface area contributed by atoms with E-state index in [4.69, 9.17) is 0 Å². The summed E-state index contributed by atoms with van der Waals surface area (Å²) in [6.45, 7) is 0. The van der Waals surface area contributed by atoms with Gasteiger partial charge >= 0.3 is 0 Å². The van der Waals surface area contributed by atoms with E-state index in [2.05, 4.69) is 10.6 Å². The fourth-order valence-corrected chi connectivity index (χ4v) is 1.05. The lowest BCUT2D eigenvalue weighted by atomic mass is 10.3. The molecule has 1 aromatic rings. The number of nitrogens with one attached hydrogen (secondary N) is 2. The molecule has 1 aliphatic heterocycles. The third-order valence-corrected chi connectivity index (χ3v) is 1.55. The normalized spacial score (nSPS) is 12.9. The molecule has 1 aliphatic rings. The van der Waals surface area contributed by atoms with Gasteiger partial charge in [0.05, 0.1) is 11.4 Å². The van der Waals surface area contributed by atoms with Crippen LogP contribution in [-0.2, 0) is 4.79 Å². The predicted octanol–water partition coefficient (Wildman–Crippen LogP) is 1.20. The number of hydrogen-bond donors (Lipinski definition) is 2. The van der Waals surface area contributed by atoms with Gasteiger partial charge in [0.15, 0.2) is 11.8 Å². The smallest absolute Gasteiger partial charge is 0.195 e. The lowest BCUT2D eigenvalue weighted by molar-refractivity contribution is 0.567. The van der Waals surface area contributed by atoms with E-state index in [1.807, 2.05) is 24.3 Å². The largest absolute Gasteiger partial charge is 0.331 e. The van der Waals surface area contributed by atoms with Crippen LogP contribution in [0.3, 0.4) is 0 Å². The van der Waals surface area contributed by atoms with Gasteiger partial charge in [0.2, 0.25) is 0 Å². The van der Waals surface area contributed by atoms with Crippen LogP contribution in [0.15, 0.2) is 30.1 Å². The second-order valence-corrected chi connectivity index (χ2v) is 2.27. The quantitative estimate of drug-likeness (QED) is 0.540. The molecule has 0 aliphatic carbocycles. The van der Waals surface area contributed by atoms with E-state index in [1.165, 1.54) is 0 Å². The summed E-state index contributed by atoms with van der Waals surface area (Å²) in [5, 5.41) is 5.73. The summed E-state index contributed by atoms with van der Waals surface area (Å²) < 4.78 is 0. The summed E-state index contributed by atoms with van der Waals surface area (Å²) in [4.78, 5) is 10.2. The first-order chi connectivity index (χ1) is 5.40. The van der Waals surface area contributed by atoms with Crippen LogP contribution in [-0.4, -0.2) is 5.94 Å². The first-order valence-electron chi connectivity index (χ1n) is 3.28. The highest BCUT2D eigenvalue weighted by molar-refractivity contribution is 5.83. The van der Waals surface area contributed by atoms with Crippen LogP contribution in [0.5, 0.6) is 0 Å². The molecule has 0 amide bonds. The van der Waals surface area contributed by atoms with Crippen molar-refractivity contribution in [2.75, 3.05) is 10.6 Å². The Bertz CT molecular complexity index is 313. The average Bonchev–Trinajstić information content (AvgIpc) is 2.46. The number of carbonyl (C=O) groups excluding carboxylic acids is 1. The van der Waals surface area contributed by atoms with Crippen molar-refractivity contribution in [1.29, 1.82) is 0 Å². The van der Waals surface area contributed by atoms with Crippen LogP contribution >= 0.6 is 0 Å². The molecule has 3 nitrogen and oxygen atoms in total. The summed E-state index contributed by atoms with van der Waals surface area (Å²) >= 11 is 0. The van der Waals surface area contributed by atoms with E-state index in [9.17, 15) is 4.79 Å². The molecule has 0 saturated heterocycles. The van der Waals surface area contributed by atoms with Gasteiger partial charge in [-0.1, -0.05) is 12.1 Å². The Kier molecular flexibility index (Phi) is 1.17. The van der Waals surface area contributed by atoms with Gasteiger partial charge in [-0.3, -0.25) is 0 Å². The fourth-order valence-electron chi connectivity index (χ4n) is 1.05. The van der Waals surface area contributed by atoms with E-state index in [0.29, 0.717) is 5.82 Å². The molecule has 0 radical (unpaired) electrons. The minimum absolute atomic E-state index is 0.381. The van der Waals surface area contributed by atoms with Crippen LogP contribution in [0, 0.1) is 0 Å². The number of anilines is 2. The van der Waals surface area contributed by atoms with E-state index in [1.54, 1.807) is 5.94 Å². The number of rotatable bonds is 0. The fraction of sp³-hybridized carbons (Fsp3) is 0. The maximum atomic E-state index is 10.2. The van der Waals surface area contributed by atoms with E-state index in [-0.39, 0.29) is 0 Å². The summed E-state index contributed by atoms with van der Waals surface area (Å²) in [6.07, 6.45) is 0. The number of fused-ring (bicyclic) bond motifs is 1. The first kappa shape index (κ1) is 6.01. The highest BCUT2D eigenvalue weighted by atomic mass is 16.1. The third-order valence-electron chi connectivity index (χ3n) is 1.55. The first-order valence-corrected chi connectivity index (χ1v) is 3.28. The Labute approximate surface area is 63.7 Å². The van der Waals surface area contributed by atoms with E-state index < -0.39 is 0 Å². The minimum Gasteiger partial charge on any atom is -0.331 e. The van der Waals surface area contributed by atoms with E-state index >= 15 is 0 Å². The van der Waals surface area contributed by atoms with Crippen LogP contribution < -0.4 is 10.6 Å². The van der Waals surface area contributed by atoms with Gasteiger partial charge in [0.25, 0.3) is 0 Å². The molecule has 0 saturated carbocycles. The second kappa shape index (κ2) is 2.15. The van der Waals surface area contributed by atoms with Crippen molar-refractivity contribution >= 4 is 17.3 Å². The van der Waals surface area contributed by atoms with Gasteiger partial charge in [0.1, 0.15) is 0 Å². The maximum absolute atomic E-state index is 10.2. The van der Waals surface area contributed by atoms with Crippen LogP contribution in [0.25, 0.3) is 0 Å². The molecule has 1 heterocycles. The molecular formula is C8H6N2O. The molecule has 0 fully saturated rings. The minimum atomic E-state index is 0.381. The second-order valence-electron chi connectivity index (χ2n) is 2.27. The molecule has 0 bridgehead atoms. The Balaban J connectivity index is 2.48. The lowest BCUT2D eigenvalue weighted by Gasteiger charge is -1.92. The van der Waals surface area contributed by atoms with Crippen molar-refractivity contribution < 1.29 is 4.79 Å². The topological polar surface area (TPSA) is 41.1 Å². The van der Waals surface area contributed by atoms with Gasteiger partial charge < -0.3 is 10.6 Å². The zero-order valence-corrected chi connectivity index (χ0v) is 5.72. The van der Waals surface area contributed by atoms with Crippen molar-refractivity contribution in [2.24, 2.45) is 0 Å². The molecule has 54 valence electrons. The van der Waals surface area contributed by atoms with E-state index in [0.717, 1.165) is 11.4 Å². The van der Waals surface area contributed by atoms with Crippen molar-refractivity contribution in [3.8, 4) is 0 Å². The average molecular weight is 146 g/mol. The van der Waals surface area contributed by atoms with Crippen LogP contribution in [0.1, 0.15) is 0 Å². The van der Waals surface area contributed by atoms with Crippen molar-refractivity contribution in [3.63, 3.8) is 0 Å². The Morgan fingerprint density at radius 2 is 1.64 bits per heavy atom. The molecule has 0 atom stereocenters. The summed E-state index contributed by atoms with van der Waals surface area (Å²) in [7, 11) is 0. The highest BCUT2D eigenvalue weighted by Gasteiger charge is 2.12. The molecule has 11 heavy (non-hydrogen) atoms. The van der Waals surface area contributed by atoms with Gasteiger partial charge in [-0.05, 0) is 12.1 Å². The zero-order chi connectivity index (χ0) is 7.68. The molecule has 0 spiro atoms. The standard InChI is InChI=1S/C8H6N2O/c11-5-8-9-6-3-1-2-4-7(6)10-8/h1-4,9-10H. The zero-order valence-electron chi connectivity index (χ0n) is 5.72. The molecular weight excluding hydrogens is 140 g/mol. The van der Waals surface area contributed by atoms with Crippen molar-refractivity contribution in [1.82, 2.24) is 0 Å². The number of hydrogen-bond acceptors (Lipinski definition) is 3. The third kappa shape index (κ3) is 0.876. The van der Waals surface area contributed by atoms with Gasteiger partial charge in [-0.15, -0.1) is 0 Å². The summed E-state index contributed by atoms with van der Waals surface area (Å²) in [6, 6.07) is 7.60. The maximum Gasteiger partial charge on any atom is 0.195 e. The molecule has 0 unspecified atom stereocenters. The van der Waals surface area contributed by atoms with Crippen molar-refractivity contribution in [2.45, 2.75) is 0 Å². The molecule has 1 aromatic carbocycles. The lowest BCUT2D eigenvalue weighted by Crippen LogP contribution is -1.98. The van der Waals surface area contributed by atoms with Gasteiger partial charge in [-0.25, -0.2) is 4.79 Å². The molecule has 2 N–H and O–H groups in total. The van der Waals surface area contributed by atoms with Crippen molar-refractivity contribution in [3.05, 3.63) is 30.1 Å². The number of benzene rings is 1. The van der Waals surface area contributed by atoms with Gasteiger partial charge in [-0.2, -0.15) is 0 Å². The monoisotopic (exact) mass is 146 g/mol.